The van der Waals surface area contributed by atoms with E-state index in [1.807, 2.05) is 0 Å². The van der Waals surface area contributed by atoms with Crippen molar-refractivity contribution in [3.8, 4) is 0 Å². The molecule has 0 saturated heterocycles. The van der Waals surface area contributed by atoms with Crippen LogP contribution in [0.25, 0.3) is 0 Å². The number of hydrogen-bond donors (Lipinski definition) is 1. The molecule has 0 aromatic heterocycles. The van der Waals surface area contributed by atoms with Gasteiger partial charge >= 0.3 is 5.97 Å². The summed E-state index contributed by atoms with van der Waals surface area (Å²) in [5, 5.41) is 19.3. The predicted molar refractivity (Wildman–Crippen MR) is 61.9 cm³/mol. The first-order valence-corrected chi connectivity index (χ1v) is 5.44. The van der Waals surface area contributed by atoms with Crippen LogP contribution < -0.4 is 0 Å². The van der Waals surface area contributed by atoms with Crippen LogP contribution in [0.5, 0.6) is 0 Å². The average molecular weight is 288 g/mol. The molecule has 0 aliphatic heterocycles. The maximum atomic E-state index is 10.6. The zero-order valence-electron chi connectivity index (χ0n) is 8.51. The summed E-state index contributed by atoms with van der Waals surface area (Å²) in [6, 6.07) is 4.60. The van der Waals surface area contributed by atoms with E-state index < -0.39 is 15.7 Å². The second-order valence-electron chi connectivity index (χ2n) is 3.39. The van der Waals surface area contributed by atoms with Gasteiger partial charge in [0.25, 0.3) is 5.69 Å². The van der Waals surface area contributed by atoms with Crippen molar-refractivity contribution >= 4 is 27.6 Å². The first-order chi connectivity index (χ1) is 7.41. The van der Waals surface area contributed by atoms with Crippen molar-refractivity contribution in [1.29, 1.82) is 0 Å². The lowest BCUT2D eigenvalue weighted by molar-refractivity contribution is -0.385. The van der Waals surface area contributed by atoms with Gasteiger partial charge in [0.05, 0.1) is 4.92 Å². The minimum Gasteiger partial charge on any atom is -0.480 e. The quantitative estimate of drug-likeness (QED) is 0.523. The second kappa shape index (κ2) is 5.07. The van der Waals surface area contributed by atoms with Crippen molar-refractivity contribution in [2.45, 2.75) is 18.2 Å². The molecule has 0 heterocycles. The minimum absolute atomic E-state index is 0.0465. The molecule has 1 aromatic rings. The average Bonchev–Trinajstić information content (AvgIpc) is 2.16. The van der Waals surface area contributed by atoms with Gasteiger partial charge in [0.1, 0.15) is 4.83 Å². The molecular formula is C10H10BrNO4. The van der Waals surface area contributed by atoms with Gasteiger partial charge in [0.15, 0.2) is 0 Å². The van der Waals surface area contributed by atoms with E-state index in [2.05, 4.69) is 15.9 Å². The fourth-order valence-electron chi connectivity index (χ4n) is 1.34. The van der Waals surface area contributed by atoms with Crippen LogP contribution in [-0.2, 0) is 11.2 Å². The molecule has 5 nitrogen and oxygen atoms in total. The summed E-state index contributed by atoms with van der Waals surface area (Å²) in [4.78, 5) is 20.0. The van der Waals surface area contributed by atoms with Crippen molar-refractivity contribution in [3.05, 3.63) is 39.4 Å². The van der Waals surface area contributed by atoms with Crippen molar-refractivity contribution in [2.75, 3.05) is 0 Å². The summed E-state index contributed by atoms with van der Waals surface area (Å²) in [5.41, 5.74) is 1.34. The Bertz CT molecular complexity index is 433. The maximum absolute atomic E-state index is 10.6. The van der Waals surface area contributed by atoms with E-state index in [9.17, 15) is 14.9 Å². The van der Waals surface area contributed by atoms with Crippen molar-refractivity contribution < 1.29 is 14.8 Å². The molecule has 0 aliphatic carbocycles. The van der Waals surface area contributed by atoms with Crippen LogP contribution in [0.4, 0.5) is 5.69 Å². The van der Waals surface area contributed by atoms with Gasteiger partial charge in [-0.3, -0.25) is 14.9 Å². The zero-order chi connectivity index (χ0) is 12.3. The highest BCUT2D eigenvalue weighted by Crippen LogP contribution is 2.20. The number of aliphatic carboxylic acids is 1. The van der Waals surface area contributed by atoms with E-state index in [0.717, 1.165) is 5.56 Å². The molecule has 0 saturated carbocycles. The van der Waals surface area contributed by atoms with Crippen LogP contribution in [0.15, 0.2) is 18.2 Å². The summed E-state index contributed by atoms with van der Waals surface area (Å²) in [5.74, 6) is -0.948. The molecule has 0 fully saturated rings. The van der Waals surface area contributed by atoms with Gasteiger partial charge in [0, 0.05) is 11.6 Å². The number of nitro groups is 1. The van der Waals surface area contributed by atoms with Gasteiger partial charge in [0.2, 0.25) is 0 Å². The molecular weight excluding hydrogens is 278 g/mol. The number of carbonyl (C=O) groups is 1. The van der Waals surface area contributed by atoms with Gasteiger partial charge in [-0.15, -0.1) is 0 Å². The minimum atomic E-state index is -0.948. The van der Waals surface area contributed by atoms with Crippen molar-refractivity contribution in [1.82, 2.24) is 0 Å². The summed E-state index contributed by atoms with van der Waals surface area (Å²) >= 11 is 3.02. The highest BCUT2D eigenvalue weighted by molar-refractivity contribution is 9.10. The third kappa shape index (κ3) is 3.03. The van der Waals surface area contributed by atoms with Crippen LogP contribution in [0, 0.1) is 17.0 Å². The summed E-state index contributed by atoms with van der Waals surface area (Å²) in [6.07, 6.45) is 0.300. The van der Waals surface area contributed by atoms with Crippen LogP contribution in [0.2, 0.25) is 0 Å². The number of aryl methyl sites for hydroxylation is 1. The number of nitro benzene ring substituents is 1. The third-order valence-corrected chi connectivity index (χ3v) is 2.86. The number of carboxylic acids is 1. The molecule has 1 unspecified atom stereocenters. The maximum Gasteiger partial charge on any atom is 0.317 e. The Kier molecular flexibility index (Phi) is 4.00. The highest BCUT2D eigenvalue weighted by atomic mass is 79.9. The van der Waals surface area contributed by atoms with Crippen molar-refractivity contribution in [2.24, 2.45) is 0 Å². The van der Waals surface area contributed by atoms with Crippen LogP contribution in [-0.4, -0.2) is 20.8 Å². The molecule has 6 heteroatoms. The van der Waals surface area contributed by atoms with E-state index in [4.69, 9.17) is 5.11 Å². The van der Waals surface area contributed by atoms with Crippen molar-refractivity contribution in [3.63, 3.8) is 0 Å². The summed E-state index contributed by atoms with van der Waals surface area (Å²) in [6.45, 7) is 1.63. The largest absolute Gasteiger partial charge is 0.480 e. The standard InChI is InChI=1S/C10H10BrNO4/c1-6-4-7(5-8(11)10(13)14)2-3-9(6)12(15)16/h2-4,8H,5H2,1H3,(H,13,14). The molecule has 0 radical (unpaired) electrons. The molecule has 86 valence electrons. The lowest BCUT2D eigenvalue weighted by Gasteiger charge is -2.05. The normalized spacial score (nSPS) is 12.1. The zero-order valence-corrected chi connectivity index (χ0v) is 10.1. The number of alkyl halides is 1. The van der Waals surface area contributed by atoms with Gasteiger partial charge in [-0.05, 0) is 25.0 Å². The Morgan fingerprint density at radius 2 is 2.25 bits per heavy atom. The van der Waals surface area contributed by atoms with Gasteiger partial charge < -0.3 is 5.11 Å². The topological polar surface area (TPSA) is 80.4 Å². The van der Waals surface area contributed by atoms with Crippen LogP contribution >= 0.6 is 15.9 Å². The highest BCUT2D eigenvalue weighted by Gasteiger charge is 2.16. The number of benzene rings is 1. The summed E-state index contributed by atoms with van der Waals surface area (Å²) in [7, 11) is 0. The number of hydrogen-bond acceptors (Lipinski definition) is 3. The molecule has 0 spiro atoms. The molecule has 0 aliphatic rings. The number of rotatable bonds is 4. The number of nitrogens with zero attached hydrogens (tertiary/aromatic N) is 1. The van der Waals surface area contributed by atoms with Crippen LogP contribution in [0.1, 0.15) is 11.1 Å². The second-order valence-corrected chi connectivity index (χ2v) is 4.49. The SMILES string of the molecule is Cc1cc(CC(Br)C(=O)O)ccc1[N+](=O)[O-]. The Balaban J connectivity index is 2.89. The van der Waals surface area contributed by atoms with Gasteiger partial charge in [-0.1, -0.05) is 22.0 Å². The Morgan fingerprint density at radius 1 is 1.62 bits per heavy atom. The molecule has 1 N–H and O–H groups in total. The van der Waals surface area contributed by atoms with Crippen LogP contribution in [0.3, 0.4) is 0 Å². The lowest BCUT2D eigenvalue weighted by atomic mass is 10.1. The van der Waals surface area contributed by atoms with E-state index in [-0.39, 0.29) is 5.69 Å². The smallest absolute Gasteiger partial charge is 0.317 e. The predicted octanol–water partition coefficient (Wildman–Crippen LogP) is 2.29. The Hall–Kier alpha value is -1.43. The van der Waals surface area contributed by atoms with Gasteiger partial charge in [-0.2, -0.15) is 0 Å². The fourth-order valence-corrected chi connectivity index (χ4v) is 1.72. The number of halogens is 1. The van der Waals surface area contributed by atoms with E-state index in [1.54, 1.807) is 19.1 Å². The van der Waals surface area contributed by atoms with E-state index in [0.29, 0.717) is 12.0 Å². The van der Waals surface area contributed by atoms with Gasteiger partial charge in [-0.25, -0.2) is 0 Å². The monoisotopic (exact) mass is 287 g/mol. The summed E-state index contributed by atoms with van der Waals surface area (Å²) < 4.78 is 0. The molecule has 0 bridgehead atoms. The first kappa shape index (κ1) is 12.6. The number of carboxylic acid groups (broad SMARTS) is 1. The Labute approximate surface area is 100 Å². The molecule has 0 amide bonds. The fraction of sp³-hybridized carbons (Fsp3) is 0.300. The van der Waals surface area contributed by atoms with E-state index in [1.165, 1.54) is 6.07 Å². The molecule has 16 heavy (non-hydrogen) atoms. The molecule has 1 rings (SSSR count). The molecule has 1 aromatic carbocycles. The third-order valence-electron chi connectivity index (χ3n) is 2.14. The van der Waals surface area contributed by atoms with E-state index >= 15 is 0 Å². The first-order valence-electron chi connectivity index (χ1n) is 4.52. The molecule has 1 atom stereocenters. The lowest BCUT2D eigenvalue weighted by Crippen LogP contribution is -2.15. The Morgan fingerprint density at radius 3 is 2.69 bits per heavy atom.